The normalized spacial score (nSPS) is 15.9. The van der Waals surface area contributed by atoms with E-state index in [2.05, 4.69) is 25.1 Å². The molecule has 3 aromatic rings. The first-order valence-electron chi connectivity index (χ1n) is 9.36. The number of benzene rings is 2. The van der Waals surface area contributed by atoms with Crippen LogP contribution < -0.4 is 0 Å². The molecule has 0 saturated carbocycles. The highest BCUT2D eigenvalue weighted by Gasteiger charge is 2.31. The van der Waals surface area contributed by atoms with E-state index in [1.54, 1.807) is 35.6 Å². The minimum atomic E-state index is -0.0249. The maximum absolute atomic E-state index is 12.9. The Labute approximate surface area is 179 Å². The first-order valence-corrected chi connectivity index (χ1v) is 10.6. The molecule has 4 rings (SSSR count). The summed E-state index contributed by atoms with van der Waals surface area (Å²) in [7, 11) is 0. The molecule has 0 fully saturated rings. The fourth-order valence-electron chi connectivity index (χ4n) is 3.74. The molecule has 0 radical (unpaired) electrons. The van der Waals surface area contributed by atoms with Crippen LogP contribution in [-0.2, 0) is 11.3 Å². The van der Waals surface area contributed by atoms with Crippen LogP contribution in [0.4, 0.5) is 0 Å². The van der Waals surface area contributed by atoms with Gasteiger partial charge in [0.05, 0.1) is 22.5 Å². The summed E-state index contributed by atoms with van der Waals surface area (Å²) >= 11 is 7.87. The second-order valence-corrected chi connectivity index (χ2v) is 8.89. The molecule has 5 heteroatoms. The van der Waals surface area contributed by atoms with Crippen LogP contribution in [-0.4, -0.2) is 17.4 Å². The van der Waals surface area contributed by atoms with E-state index < -0.39 is 0 Å². The zero-order valence-electron chi connectivity index (χ0n) is 15.9. The zero-order chi connectivity index (χ0) is 20.4. The topological polar surface area (TPSA) is 44.1 Å². The van der Waals surface area contributed by atoms with E-state index in [4.69, 9.17) is 16.9 Å². The highest BCUT2D eigenvalue weighted by Crippen LogP contribution is 2.40. The van der Waals surface area contributed by atoms with Crippen LogP contribution in [0, 0.1) is 18.3 Å². The summed E-state index contributed by atoms with van der Waals surface area (Å²) in [5.74, 6) is 0.0964. The molecule has 1 aliphatic rings. The predicted molar refractivity (Wildman–Crippen MR) is 118 cm³/mol. The van der Waals surface area contributed by atoms with Crippen molar-refractivity contribution in [2.45, 2.75) is 19.4 Å². The SMILES string of the molecule is Cc1ccccc1[C@@H]1CN(C(=O)/C=C/c2ccc(C#N)cc2)Cc2sc(Cl)cc21. The van der Waals surface area contributed by atoms with E-state index in [-0.39, 0.29) is 11.8 Å². The molecule has 1 aliphatic heterocycles. The standard InChI is InChI=1S/C24H19ClN2OS/c1-16-4-2-3-5-19(16)21-14-27(15-22-20(21)12-23(25)29-22)24(28)11-10-17-6-8-18(13-26)9-7-17/h2-12,21H,14-15H2,1H3/b11-10+/t21-/m0/s1. The minimum absolute atomic E-state index is 0.0249. The number of nitriles is 1. The van der Waals surface area contributed by atoms with Gasteiger partial charge >= 0.3 is 0 Å². The van der Waals surface area contributed by atoms with Gasteiger partial charge in [-0.05, 0) is 53.5 Å². The third kappa shape index (κ3) is 4.12. The Hall–Kier alpha value is -2.87. The van der Waals surface area contributed by atoms with Crippen molar-refractivity contribution in [1.82, 2.24) is 4.90 Å². The van der Waals surface area contributed by atoms with Gasteiger partial charge in [-0.3, -0.25) is 4.79 Å². The van der Waals surface area contributed by atoms with Gasteiger partial charge in [0.25, 0.3) is 0 Å². The number of amides is 1. The summed E-state index contributed by atoms with van der Waals surface area (Å²) in [5.41, 5.74) is 5.18. The number of carbonyl (C=O) groups is 1. The van der Waals surface area contributed by atoms with Gasteiger partial charge < -0.3 is 4.90 Å². The molecule has 2 aromatic carbocycles. The van der Waals surface area contributed by atoms with Gasteiger partial charge in [0, 0.05) is 23.4 Å². The monoisotopic (exact) mass is 418 g/mol. The van der Waals surface area contributed by atoms with Crippen molar-refractivity contribution in [3.8, 4) is 6.07 Å². The Balaban J connectivity index is 1.60. The third-order valence-electron chi connectivity index (χ3n) is 5.26. The van der Waals surface area contributed by atoms with Crippen molar-refractivity contribution in [1.29, 1.82) is 5.26 Å². The molecule has 1 amide bonds. The summed E-state index contributed by atoms with van der Waals surface area (Å²) in [5, 5.41) is 8.90. The van der Waals surface area contributed by atoms with E-state index in [9.17, 15) is 4.79 Å². The summed E-state index contributed by atoms with van der Waals surface area (Å²) < 4.78 is 0.760. The van der Waals surface area contributed by atoms with Crippen LogP contribution in [0.3, 0.4) is 0 Å². The number of fused-ring (bicyclic) bond motifs is 1. The summed E-state index contributed by atoms with van der Waals surface area (Å²) in [6.07, 6.45) is 3.40. The van der Waals surface area contributed by atoms with Crippen molar-refractivity contribution >= 4 is 34.9 Å². The number of nitrogens with zero attached hydrogens (tertiary/aromatic N) is 2. The molecular formula is C24H19ClN2OS. The number of hydrogen-bond donors (Lipinski definition) is 0. The van der Waals surface area contributed by atoms with Gasteiger partial charge in [-0.15, -0.1) is 11.3 Å². The lowest BCUT2D eigenvalue weighted by Crippen LogP contribution is -2.37. The maximum Gasteiger partial charge on any atom is 0.246 e. The number of hydrogen-bond acceptors (Lipinski definition) is 3. The average Bonchev–Trinajstić information content (AvgIpc) is 3.12. The van der Waals surface area contributed by atoms with Gasteiger partial charge in [-0.25, -0.2) is 0 Å². The highest BCUT2D eigenvalue weighted by molar-refractivity contribution is 7.16. The van der Waals surface area contributed by atoms with Gasteiger partial charge in [0.15, 0.2) is 0 Å². The minimum Gasteiger partial charge on any atom is -0.333 e. The fraction of sp³-hybridized carbons (Fsp3) is 0.167. The van der Waals surface area contributed by atoms with E-state index in [0.29, 0.717) is 18.7 Å². The van der Waals surface area contributed by atoms with Crippen LogP contribution >= 0.6 is 22.9 Å². The van der Waals surface area contributed by atoms with Gasteiger partial charge in [-0.1, -0.05) is 48.0 Å². The fourth-order valence-corrected chi connectivity index (χ4v) is 5.09. The van der Waals surface area contributed by atoms with Crippen LogP contribution in [0.25, 0.3) is 6.08 Å². The van der Waals surface area contributed by atoms with Crippen LogP contribution in [0.2, 0.25) is 4.34 Å². The molecule has 0 aliphatic carbocycles. The molecule has 0 spiro atoms. The summed E-state index contributed by atoms with van der Waals surface area (Å²) in [4.78, 5) is 16.0. The molecule has 0 saturated heterocycles. The molecule has 1 atom stereocenters. The number of carbonyl (C=O) groups excluding carboxylic acids is 1. The highest BCUT2D eigenvalue weighted by atomic mass is 35.5. The largest absolute Gasteiger partial charge is 0.333 e. The molecule has 29 heavy (non-hydrogen) atoms. The Morgan fingerprint density at radius 2 is 1.97 bits per heavy atom. The lowest BCUT2D eigenvalue weighted by atomic mass is 9.86. The number of aryl methyl sites for hydroxylation is 1. The van der Waals surface area contributed by atoms with E-state index in [1.165, 1.54) is 16.7 Å². The third-order valence-corrected chi connectivity index (χ3v) is 6.52. The van der Waals surface area contributed by atoms with Gasteiger partial charge in [0.2, 0.25) is 5.91 Å². The van der Waals surface area contributed by atoms with Crippen LogP contribution in [0.1, 0.15) is 38.6 Å². The smallest absolute Gasteiger partial charge is 0.246 e. The van der Waals surface area contributed by atoms with Gasteiger partial charge in [0.1, 0.15) is 0 Å². The number of rotatable bonds is 3. The van der Waals surface area contributed by atoms with E-state index in [1.807, 2.05) is 35.2 Å². The quantitative estimate of drug-likeness (QED) is 0.507. The molecule has 3 nitrogen and oxygen atoms in total. The van der Waals surface area contributed by atoms with Crippen molar-refractivity contribution in [3.05, 3.63) is 97.7 Å². The Morgan fingerprint density at radius 1 is 1.21 bits per heavy atom. The first kappa shape index (κ1) is 19.4. The second-order valence-electron chi connectivity index (χ2n) is 7.12. The Bertz CT molecular complexity index is 1120. The van der Waals surface area contributed by atoms with E-state index in [0.717, 1.165) is 14.8 Å². The van der Waals surface area contributed by atoms with Crippen molar-refractivity contribution in [3.63, 3.8) is 0 Å². The van der Waals surface area contributed by atoms with Crippen molar-refractivity contribution < 1.29 is 4.79 Å². The predicted octanol–water partition coefficient (Wildman–Crippen LogP) is 5.77. The Morgan fingerprint density at radius 3 is 2.69 bits per heavy atom. The second kappa shape index (κ2) is 8.24. The molecule has 0 N–H and O–H groups in total. The molecule has 0 unspecified atom stereocenters. The molecule has 1 aromatic heterocycles. The number of thiophene rings is 1. The average molecular weight is 419 g/mol. The van der Waals surface area contributed by atoms with E-state index >= 15 is 0 Å². The van der Waals surface area contributed by atoms with Crippen molar-refractivity contribution in [2.24, 2.45) is 0 Å². The summed E-state index contributed by atoms with van der Waals surface area (Å²) in [6.45, 7) is 3.31. The molecule has 2 heterocycles. The number of halogens is 1. The zero-order valence-corrected chi connectivity index (χ0v) is 17.5. The first-order chi connectivity index (χ1) is 14.0. The maximum atomic E-state index is 12.9. The van der Waals surface area contributed by atoms with Crippen LogP contribution in [0.5, 0.6) is 0 Å². The lowest BCUT2D eigenvalue weighted by molar-refractivity contribution is -0.127. The summed E-state index contributed by atoms with van der Waals surface area (Å²) in [6, 6.07) is 19.6. The van der Waals surface area contributed by atoms with Crippen molar-refractivity contribution in [2.75, 3.05) is 6.54 Å². The van der Waals surface area contributed by atoms with Gasteiger partial charge in [-0.2, -0.15) is 5.26 Å². The Kier molecular flexibility index (Phi) is 5.53. The molecule has 0 bridgehead atoms. The molecule has 144 valence electrons. The molecular weight excluding hydrogens is 400 g/mol. The lowest BCUT2D eigenvalue weighted by Gasteiger charge is -2.33. The van der Waals surface area contributed by atoms with Crippen LogP contribution in [0.15, 0.2) is 60.7 Å².